The number of hydrogen-bond donors (Lipinski definition) is 2. The van der Waals surface area contributed by atoms with Crippen molar-refractivity contribution in [3.8, 4) is 0 Å². The molecule has 0 radical (unpaired) electrons. The average molecular weight is 262 g/mol. The van der Waals surface area contributed by atoms with Crippen molar-refractivity contribution >= 4 is 36.4 Å². The molecule has 0 fully saturated rings. The van der Waals surface area contributed by atoms with Gasteiger partial charge < -0.3 is 11.5 Å². The molecule has 0 aliphatic heterocycles. The van der Waals surface area contributed by atoms with E-state index < -0.39 is 11.9 Å². The quantitative estimate of drug-likeness (QED) is 0.858. The number of benzene rings is 1. The maximum absolute atomic E-state index is 13.1. The van der Waals surface area contributed by atoms with Gasteiger partial charge in [-0.1, -0.05) is 17.7 Å². The van der Waals surface area contributed by atoms with Crippen molar-refractivity contribution in [1.29, 1.82) is 0 Å². The van der Waals surface area contributed by atoms with Gasteiger partial charge in [-0.2, -0.15) is 0 Å². The zero-order chi connectivity index (χ0) is 9.14. The topological polar surface area (TPSA) is 52.0 Å². The molecule has 14 heavy (non-hydrogen) atoms. The standard InChI is InChI=1S/C8H10ClFN2.2ClH/c9-5-2-1-3-6(10)8(5)7(12)4-11;;/h1-3,7H,4,11-12H2;2*1H/t7-;;/m0../s1. The summed E-state index contributed by atoms with van der Waals surface area (Å²) in [7, 11) is 0. The van der Waals surface area contributed by atoms with Crippen molar-refractivity contribution in [2.45, 2.75) is 6.04 Å². The summed E-state index contributed by atoms with van der Waals surface area (Å²) in [6.07, 6.45) is 0. The molecule has 0 heterocycles. The lowest BCUT2D eigenvalue weighted by Gasteiger charge is -2.11. The Kier molecular flexibility index (Phi) is 8.49. The lowest BCUT2D eigenvalue weighted by molar-refractivity contribution is 0.584. The van der Waals surface area contributed by atoms with Crippen molar-refractivity contribution < 1.29 is 4.39 Å². The maximum Gasteiger partial charge on any atom is 0.129 e. The molecule has 1 rings (SSSR count). The molecule has 0 aliphatic rings. The molecule has 1 aromatic carbocycles. The Morgan fingerprint density at radius 3 is 2.36 bits per heavy atom. The first-order chi connectivity index (χ1) is 5.66. The summed E-state index contributed by atoms with van der Waals surface area (Å²) in [5.74, 6) is -0.402. The summed E-state index contributed by atoms with van der Waals surface area (Å²) in [4.78, 5) is 0. The van der Waals surface area contributed by atoms with Crippen LogP contribution in [-0.2, 0) is 0 Å². The molecule has 0 spiro atoms. The van der Waals surface area contributed by atoms with Crippen LogP contribution in [0, 0.1) is 5.82 Å². The van der Waals surface area contributed by atoms with Gasteiger partial charge in [0.2, 0.25) is 0 Å². The second-order valence-corrected chi connectivity index (χ2v) is 2.88. The van der Waals surface area contributed by atoms with Crippen molar-refractivity contribution in [3.05, 3.63) is 34.6 Å². The van der Waals surface area contributed by atoms with Crippen LogP contribution in [0.4, 0.5) is 4.39 Å². The lowest BCUT2D eigenvalue weighted by atomic mass is 10.1. The Hall–Kier alpha value is -0.0600. The first-order valence-corrected chi connectivity index (χ1v) is 3.94. The Morgan fingerprint density at radius 1 is 1.36 bits per heavy atom. The van der Waals surface area contributed by atoms with Crippen LogP contribution in [0.5, 0.6) is 0 Å². The summed E-state index contributed by atoms with van der Waals surface area (Å²) in [6.45, 7) is 0.181. The van der Waals surface area contributed by atoms with E-state index >= 15 is 0 Å². The normalized spacial score (nSPS) is 11.1. The highest BCUT2D eigenvalue weighted by Crippen LogP contribution is 2.23. The molecule has 82 valence electrons. The van der Waals surface area contributed by atoms with E-state index in [1.54, 1.807) is 6.07 Å². The number of hydrogen-bond acceptors (Lipinski definition) is 2. The van der Waals surface area contributed by atoms with Crippen molar-refractivity contribution in [2.24, 2.45) is 11.5 Å². The molecule has 0 amide bonds. The van der Waals surface area contributed by atoms with Crippen molar-refractivity contribution in [3.63, 3.8) is 0 Å². The lowest BCUT2D eigenvalue weighted by Crippen LogP contribution is -2.22. The van der Waals surface area contributed by atoms with Crippen LogP contribution in [0.15, 0.2) is 18.2 Å². The van der Waals surface area contributed by atoms with Gasteiger partial charge in [0.05, 0.1) is 0 Å². The second kappa shape index (κ2) is 7.26. The predicted molar refractivity (Wildman–Crippen MR) is 61.9 cm³/mol. The summed E-state index contributed by atoms with van der Waals surface area (Å²) >= 11 is 5.73. The van der Waals surface area contributed by atoms with Crippen LogP contribution in [-0.4, -0.2) is 6.54 Å². The minimum Gasteiger partial charge on any atom is -0.329 e. The van der Waals surface area contributed by atoms with Gasteiger partial charge in [0.1, 0.15) is 5.82 Å². The van der Waals surface area contributed by atoms with E-state index in [0.29, 0.717) is 10.6 Å². The van der Waals surface area contributed by atoms with Crippen LogP contribution >= 0.6 is 36.4 Å². The second-order valence-electron chi connectivity index (χ2n) is 2.48. The third-order valence-corrected chi connectivity index (χ3v) is 1.95. The molecule has 1 aromatic rings. The Balaban J connectivity index is 0. The maximum atomic E-state index is 13.1. The molecular formula is C8H12Cl3FN2. The van der Waals surface area contributed by atoms with Crippen molar-refractivity contribution in [2.75, 3.05) is 6.54 Å². The largest absolute Gasteiger partial charge is 0.329 e. The monoisotopic (exact) mass is 260 g/mol. The highest BCUT2D eigenvalue weighted by atomic mass is 35.5. The smallest absolute Gasteiger partial charge is 0.129 e. The highest BCUT2D eigenvalue weighted by Gasteiger charge is 2.12. The van der Waals surface area contributed by atoms with E-state index in [9.17, 15) is 4.39 Å². The number of nitrogens with two attached hydrogens (primary N) is 2. The van der Waals surface area contributed by atoms with E-state index in [2.05, 4.69) is 0 Å². The molecule has 0 saturated carbocycles. The van der Waals surface area contributed by atoms with Crippen molar-refractivity contribution in [1.82, 2.24) is 0 Å². The molecular weight excluding hydrogens is 249 g/mol. The van der Waals surface area contributed by atoms with Gasteiger partial charge in [-0.15, -0.1) is 24.8 Å². The SMILES string of the molecule is Cl.Cl.NC[C@H](N)c1c(F)cccc1Cl. The Morgan fingerprint density at radius 2 is 1.93 bits per heavy atom. The fourth-order valence-corrected chi connectivity index (χ4v) is 1.29. The Bertz CT molecular complexity index is 263. The van der Waals surface area contributed by atoms with E-state index in [0.717, 1.165) is 0 Å². The summed E-state index contributed by atoms with van der Waals surface area (Å²) < 4.78 is 13.1. The fraction of sp³-hybridized carbons (Fsp3) is 0.250. The molecule has 0 saturated heterocycles. The van der Waals surface area contributed by atoms with Gasteiger partial charge in [-0.25, -0.2) is 4.39 Å². The third-order valence-electron chi connectivity index (χ3n) is 1.62. The molecule has 6 heteroatoms. The van der Waals surface area contributed by atoms with Crippen LogP contribution in [0.2, 0.25) is 5.02 Å². The van der Waals surface area contributed by atoms with Gasteiger partial charge in [0, 0.05) is 23.2 Å². The van der Waals surface area contributed by atoms with E-state index in [1.807, 2.05) is 0 Å². The molecule has 0 aromatic heterocycles. The molecule has 0 bridgehead atoms. The van der Waals surface area contributed by atoms with Gasteiger partial charge in [-0.05, 0) is 12.1 Å². The molecule has 2 nitrogen and oxygen atoms in total. The fourth-order valence-electron chi connectivity index (χ4n) is 0.983. The molecule has 0 aliphatic carbocycles. The van der Waals surface area contributed by atoms with Crippen LogP contribution in [0.1, 0.15) is 11.6 Å². The highest BCUT2D eigenvalue weighted by molar-refractivity contribution is 6.31. The van der Waals surface area contributed by atoms with Crippen LogP contribution in [0.25, 0.3) is 0 Å². The van der Waals surface area contributed by atoms with E-state index in [1.165, 1.54) is 12.1 Å². The summed E-state index contributed by atoms with van der Waals surface area (Å²) in [6, 6.07) is 3.91. The first kappa shape index (κ1) is 16.4. The molecule has 0 unspecified atom stereocenters. The summed E-state index contributed by atoms with van der Waals surface area (Å²) in [5, 5.41) is 0.327. The third kappa shape index (κ3) is 3.59. The minimum atomic E-state index is -0.529. The summed E-state index contributed by atoms with van der Waals surface area (Å²) in [5.41, 5.74) is 11.1. The minimum absolute atomic E-state index is 0. The molecule has 4 N–H and O–H groups in total. The van der Waals surface area contributed by atoms with Crippen LogP contribution in [0.3, 0.4) is 0 Å². The van der Waals surface area contributed by atoms with Gasteiger partial charge in [-0.3, -0.25) is 0 Å². The Labute approximate surface area is 99.6 Å². The number of halogens is 4. The van der Waals surface area contributed by atoms with E-state index in [-0.39, 0.29) is 31.4 Å². The van der Waals surface area contributed by atoms with Gasteiger partial charge in [0.15, 0.2) is 0 Å². The zero-order valence-corrected chi connectivity index (χ0v) is 9.63. The zero-order valence-electron chi connectivity index (χ0n) is 7.24. The van der Waals surface area contributed by atoms with Crippen LogP contribution < -0.4 is 11.5 Å². The van der Waals surface area contributed by atoms with Gasteiger partial charge >= 0.3 is 0 Å². The van der Waals surface area contributed by atoms with Gasteiger partial charge in [0.25, 0.3) is 0 Å². The first-order valence-electron chi connectivity index (χ1n) is 3.56. The number of rotatable bonds is 2. The average Bonchev–Trinajstić information content (AvgIpc) is 2.03. The molecule has 1 atom stereocenters. The predicted octanol–water partition coefficient (Wildman–Crippen LogP) is 2.28. The van der Waals surface area contributed by atoms with E-state index in [4.69, 9.17) is 23.1 Å².